The standard InChI is InChI=1S/C18H23NO2/c1-14-10-11-17(13-16(14)9-5-6-12-20)19-18(21)15-7-3-2-4-8-15/h10-11,13,15,20H,2-4,6-8,12H2,1H3,(H,19,21). The normalized spacial score (nSPS) is 15.1. The van der Waals surface area contributed by atoms with Crippen molar-refractivity contribution in [1.29, 1.82) is 0 Å². The van der Waals surface area contributed by atoms with Crippen molar-refractivity contribution in [3.05, 3.63) is 29.3 Å². The Labute approximate surface area is 126 Å². The molecule has 1 aromatic rings. The van der Waals surface area contributed by atoms with E-state index in [-0.39, 0.29) is 18.4 Å². The molecule has 0 saturated heterocycles. The summed E-state index contributed by atoms with van der Waals surface area (Å²) in [6, 6.07) is 5.81. The zero-order valence-electron chi connectivity index (χ0n) is 12.6. The lowest BCUT2D eigenvalue weighted by Crippen LogP contribution is -2.24. The molecule has 1 aliphatic carbocycles. The molecule has 1 saturated carbocycles. The van der Waals surface area contributed by atoms with Crippen molar-refractivity contribution < 1.29 is 9.90 Å². The number of carbonyl (C=O) groups is 1. The summed E-state index contributed by atoms with van der Waals surface area (Å²) in [5, 5.41) is 11.8. The van der Waals surface area contributed by atoms with Crippen LogP contribution >= 0.6 is 0 Å². The predicted octanol–water partition coefficient (Wildman–Crippen LogP) is 3.25. The highest BCUT2D eigenvalue weighted by Gasteiger charge is 2.21. The molecule has 0 spiro atoms. The topological polar surface area (TPSA) is 49.3 Å². The second-order valence-electron chi connectivity index (χ2n) is 5.63. The van der Waals surface area contributed by atoms with Crippen molar-refractivity contribution >= 4 is 11.6 Å². The van der Waals surface area contributed by atoms with Crippen LogP contribution in [0.4, 0.5) is 5.69 Å². The molecule has 0 heterocycles. The van der Waals surface area contributed by atoms with Crippen LogP contribution in [-0.2, 0) is 4.79 Å². The van der Waals surface area contributed by atoms with E-state index in [9.17, 15) is 4.79 Å². The minimum Gasteiger partial charge on any atom is -0.395 e. The van der Waals surface area contributed by atoms with Gasteiger partial charge in [-0.15, -0.1) is 0 Å². The van der Waals surface area contributed by atoms with Gasteiger partial charge in [-0.05, 0) is 37.5 Å². The molecule has 0 unspecified atom stereocenters. The maximum Gasteiger partial charge on any atom is 0.227 e. The van der Waals surface area contributed by atoms with Gasteiger partial charge in [0.25, 0.3) is 0 Å². The van der Waals surface area contributed by atoms with Crippen LogP contribution in [0.2, 0.25) is 0 Å². The van der Waals surface area contributed by atoms with Gasteiger partial charge in [0.1, 0.15) is 0 Å². The van der Waals surface area contributed by atoms with E-state index in [1.54, 1.807) is 0 Å². The molecule has 1 amide bonds. The molecule has 3 nitrogen and oxygen atoms in total. The van der Waals surface area contributed by atoms with E-state index in [1.165, 1.54) is 6.42 Å². The van der Waals surface area contributed by atoms with Gasteiger partial charge in [0, 0.05) is 23.6 Å². The lowest BCUT2D eigenvalue weighted by Gasteiger charge is -2.20. The third-order valence-corrected chi connectivity index (χ3v) is 3.94. The van der Waals surface area contributed by atoms with E-state index in [0.29, 0.717) is 6.42 Å². The van der Waals surface area contributed by atoms with Crippen molar-refractivity contribution in [2.45, 2.75) is 45.4 Å². The predicted molar refractivity (Wildman–Crippen MR) is 85.0 cm³/mol. The highest BCUT2D eigenvalue weighted by atomic mass is 16.2. The highest BCUT2D eigenvalue weighted by Crippen LogP contribution is 2.25. The number of rotatable bonds is 3. The van der Waals surface area contributed by atoms with E-state index in [4.69, 9.17) is 5.11 Å². The monoisotopic (exact) mass is 285 g/mol. The first-order valence-electron chi connectivity index (χ1n) is 7.72. The van der Waals surface area contributed by atoms with Crippen LogP contribution in [0.1, 0.15) is 49.7 Å². The molecule has 0 radical (unpaired) electrons. The number of aliphatic hydroxyl groups excluding tert-OH is 1. The largest absolute Gasteiger partial charge is 0.395 e. The van der Waals surface area contributed by atoms with E-state index in [1.807, 2.05) is 25.1 Å². The summed E-state index contributed by atoms with van der Waals surface area (Å²) in [6.07, 6.45) is 6.03. The van der Waals surface area contributed by atoms with Gasteiger partial charge in [0.2, 0.25) is 5.91 Å². The summed E-state index contributed by atoms with van der Waals surface area (Å²) in [4.78, 5) is 12.2. The Morgan fingerprint density at radius 2 is 2.10 bits per heavy atom. The van der Waals surface area contributed by atoms with Gasteiger partial charge in [-0.1, -0.05) is 37.2 Å². The fraction of sp³-hybridized carbons (Fsp3) is 0.500. The Balaban J connectivity index is 2.04. The summed E-state index contributed by atoms with van der Waals surface area (Å²) in [5.74, 6) is 6.26. The van der Waals surface area contributed by atoms with Crippen molar-refractivity contribution in [1.82, 2.24) is 0 Å². The van der Waals surface area contributed by atoms with Crippen molar-refractivity contribution in [3.63, 3.8) is 0 Å². The fourth-order valence-corrected chi connectivity index (χ4v) is 2.66. The molecule has 112 valence electrons. The SMILES string of the molecule is Cc1ccc(NC(=O)C2CCCCC2)cc1C#CCCO. The minimum atomic E-state index is 0.0736. The van der Waals surface area contributed by atoms with E-state index in [2.05, 4.69) is 17.2 Å². The first kappa shape index (κ1) is 15.6. The van der Waals surface area contributed by atoms with Gasteiger partial charge in [0.15, 0.2) is 0 Å². The first-order valence-corrected chi connectivity index (χ1v) is 7.72. The van der Waals surface area contributed by atoms with Crippen molar-refractivity contribution in [2.24, 2.45) is 5.92 Å². The zero-order valence-corrected chi connectivity index (χ0v) is 12.6. The Morgan fingerprint density at radius 3 is 2.81 bits per heavy atom. The van der Waals surface area contributed by atoms with Crippen LogP contribution in [0.3, 0.4) is 0 Å². The van der Waals surface area contributed by atoms with Gasteiger partial charge in [-0.3, -0.25) is 4.79 Å². The lowest BCUT2D eigenvalue weighted by molar-refractivity contribution is -0.120. The number of nitrogens with one attached hydrogen (secondary N) is 1. The summed E-state index contributed by atoms with van der Waals surface area (Å²) >= 11 is 0. The summed E-state index contributed by atoms with van der Waals surface area (Å²) in [5.41, 5.74) is 2.80. The molecule has 0 atom stereocenters. The quantitative estimate of drug-likeness (QED) is 0.838. The van der Waals surface area contributed by atoms with Gasteiger partial charge in [-0.25, -0.2) is 0 Å². The molecular weight excluding hydrogens is 262 g/mol. The highest BCUT2D eigenvalue weighted by molar-refractivity contribution is 5.92. The number of aryl methyl sites for hydroxylation is 1. The van der Waals surface area contributed by atoms with Gasteiger partial charge < -0.3 is 10.4 Å². The number of amides is 1. The molecule has 1 fully saturated rings. The molecule has 1 aliphatic rings. The molecular formula is C18H23NO2. The first-order chi connectivity index (χ1) is 10.2. The van der Waals surface area contributed by atoms with Crippen LogP contribution in [0, 0.1) is 24.7 Å². The maximum atomic E-state index is 12.2. The molecule has 0 aliphatic heterocycles. The average Bonchev–Trinajstić information content (AvgIpc) is 2.51. The van der Waals surface area contributed by atoms with E-state index in [0.717, 1.165) is 42.5 Å². The van der Waals surface area contributed by atoms with Crippen molar-refractivity contribution in [3.8, 4) is 11.8 Å². The second-order valence-corrected chi connectivity index (χ2v) is 5.63. The van der Waals surface area contributed by atoms with Crippen LogP contribution in [0.25, 0.3) is 0 Å². The number of hydrogen-bond donors (Lipinski definition) is 2. The minimum absolute atomic E-state index is 0.0736. The van der Waals surface area contributed by atoms with Gasteiger partial charge in [0.05, 0.1) is 6.61 Å². The number of aliphatic hydroxyl groups is 1. The smallest absolute Gasteiger partial charge is 0.227 e. The second kappa shape index (κ2) is 7.85. The van der Waals surface area contributed by atoms with E-state index < -0.39 is 0 Å². The van der Waals surface area contributed by atoms with Crippen molar-refractivity contribution in [2.75, 3.05) is 11.9 Å². The van der Waals surface area contributed by atoms with Gasteiger partial charge >= 0.3 is 0 Å². The third-order valence-electron chi connectivity index (χ3n) is 3.94. The molecule has 1 aromatic carbocycles. The lowest BCUT2D eigenvalue weighted by atomic mass is 9.88. The molecule has 21 heavy (non-hydrogen) atoms. The summed E-state index contributed by atoms with van der Waals surface area (Å²) < 4.78 is 0. The Hall–Kier alpha value is -1.79. The van der Waals surface area contributed by atoms with Crippen LogP contribution in [0.5, 0.6) is 0 Å². The van der Waals surface area contributed by atoms with Gasteiger partial charge in [-0.2, -0.15) is 0 Å². The maximum absolute atomic E-state index is 12.2. The van der Waals surface area contributed by atoms with E-state index >= 15 is 0 Å². The third kappa shape index (κ3) is 4.61. The molecule has 0 bridgehead atoms. The molecule has 2 N–H and O–H groups in total. The summed E-state index contributed by atoms with van der Waals surface area (Å²) in [6.45, 7) is 2.07. The molecule has 3 heteroatoms. The molecule has 0 aromatic heterocycles. The average molecular weight is 285 g/mol. The number of carbonyl (C=O) groups excluding carboxylic acids is 1. The Morgan fingerprint density at radius 1 is 1.33 bits per heavy atom. The van der Waals surface area contributed by atoms with Crippen LogP contribution in [-0.4, -0.2) is 17.6 Å². The Kier molecular flexibility index (Phi) is 5.83. The van der Waals surface area contributed by atoms with Crippen LogP contribution < -0.4 is 5.32 Å². The Bertz CT molecular complexity index is 548. The number of benzene rings is 1. The van der Waals surface area contributed by atoms with Crippen LogP contribution in [0.15, 0.2) is 18.2 Å². The number of hydrogen-bond acceptors (Lipinski definition) is 2. The molecule has 2 rings (SSSR count). The number of anilines is 1. The summed E-state index contributed by atoms with van der Waals surface area (Å²) in [7, 11) is 0. The fourth-order valence-electron chi connectivity index (χ4n) is 2.66. The zero-order chi connectivity index (χ0) is 15.1.